The molecule has 1 fully saturated rings. The minimum atomic E-state index is -3.77. The van der Waals surface area contributed by atoms with Gasteiger partial charge in [0.25, 0.3) is 5.92 Å². The van der Waals surface area contributed by atoms with E-state index in [1.165, 1.54) is 0 Å². The van der Waals surface area contributed by atoms with Gasteiger partial charge in [0, 0.05) is 0 Å². The molecule has 1 aromatic heterocycles. The standard InChI is InChI=1S/C10H11F4N3O2/c1-2-19-9(18)6-3-15-16-17(6)4-5-7(11)8(12)10(5,13)14/h3,5,7-8H,2,4H2,1H3. The number of halogens is 4. The first-order valence-corrected chi connectivity index (χ1v) is 5.61. The number of hydrogen-bond donors (Lipinski definition) is 0. The van der Waals surface area contributed by atoms with Crippen molar-refractivity contribution in [2.75, 3.05) is 6.61 Å². The maximum atomic E-state index is 13.1. The van der Waals surface area contributed by atoms with E-state index < -0.39 is 36.7 Å². The predicted molar refractivity (Wildman–Crippen MR) is 54.2 cm³/mol. The van der Waals surface area contributed by atoms with E-state index in [9.17, 15) is 22.4 Å². The summed E-state index contributed by atoms with van der Waals surface area (Å²) in [7, 11) is 0. The molecule has 1 aliphatic carbocycles. The highest BCUT2D eigenvalue weighted by Gasteiger charge is 2.67. The topological polar surface area (TPSA) is 57.0 Å². The van der Waals surface area contributed by atoms with Gasteiger partial charge in [-0.2, -0.15) is 0 Å². The summed E-state index contributed by atoms with van der Waals surface area (Å²) in [6.45, 7) is 1.02. The Morgan fingerprint density at radius 2 is 2.21 bits per heavy atom. The lowest BCUT2D eigenvalue weighted by molar-refractivity contribution is -0.243. The van der Waals surface area contributed by atoms with Crippen molar-refractivity contribution < 1.29 is 27.1 Å². The molecule has 3 atom stereocenters. The summed E-state index contributed by atoms with van der Waals surface area (Å²) in [4.78, 5) is 11.4. The fourth-order valence-electron chi connectivity index (χ4n) is 1.88. The largest absolute Gasteiger partial charge is 0.461 e. The first kappa shape index (κ1) is 13.8. The summed E-state index contributed by atoms with van der Waals surface area (Å²) in [5.41, 5.74) is -0.174. The van der Waals surface area contributed by atoms with Gasteiger partial charge in [0.15, 0.2) is 11.9 Å². The number of alkyl halides is 4. The van der Waals surface area contributed by atoms with Crippen molar-refractivity contribution in [3.05, 3.63) is 11.9 Å². The van der Waals surface area contributed by atoms with Gasteiger partial charge in [-0.3, -0.25) is 0 Å². The molecule has 0 N–H and O–H groups in total. The molecule has 0 amide bonds. The van der Waals surface area contributed by atoms with Crippen molar-refractivity contribution in [3.8, 4) is 0 Å². The highest BCUT2D eigenvalue weighted by molar-refractivity contribution is 5.87. The zero-order chi connectivity index (χ0) is 14.2. The minimum Gasteiger partial charge on any atom is -0.461 e. The van der Waals surface area contributed by atoms with Crippen molar-refractivity contribution in [1.82, 2.24) is 15.0 Å². The quantitative estimate of drug-likeness (QED) is 0.618. The van der Waals surface area contributed by atoms with E-state index in [1.54, 1.807) is 6.92 Å². The third-order valence-electron chi connectivity index (χ3n) is 3.00. The highest BCUT2D eigenvalue weighted by Crippen LogP contribution is 2.48. The number of ether oxygens (including phenoxy) is 1. The number of aromatic nitrogens is 3. The lowest BCUT2D eigenvalue weighted by Gasteiger charge is -2.42. The molecular weight excluding hydrogens is 270 g/mol. The smallest absolute Gasteiger partial charge is 0.358 e. The molecule has 2 rings (SSSR count). The van der Waals surface area contributed by atoms with Crippen LogP contribution in [0.25, 0.3) is 0 Å². The molecule has 3 unspecified atom stereocenters. The molecule has 5 nitrogen and oxygen atoms in total. The van der Waals surface area contributed by atoms with Gasteiger partial charge in [0.05, 0.1) is 25.3 Å². The van der Waals surface area contributed by atoms with E-state index in [0.717, 1.165) is 10.9 Å². The Morgan fingerprint density at radius 3 is 2.79 bits per heavy atom. The third-order valence-corrected chi connectivity index (χ3v) is 3.00. The third kappa shape index (κ3) is 2.17. The van der Waals surface area contributed by atoms with Crippen LogP contribution in [-0.4, -0.2) is 45.8 Å². The van der Waals surface area contributed by atoms with Crippen LogP contribution < -0.4 is 0 Å². The molecule has 0 radical (unpaired) electrons. The number of hydrogen-bond acceptors (Lipinski definition) is 4. The van der Waals surface area contributed by atoms with Crippen LogP contribution in [0, 0.1) is 5.92 Å². The van der Waals surface area contributed by atoms with Crippen LogP contribution in [0.3, 0.4) is 0 Å². The maximum absolute atomic E-state index is 13.1. The van der Waals surface area contributed by atoms with Crippen molar-refractivity contribution in [3.63, 3.8) is 0 Å². The lowest BCUT2D eigenvalue weighted by atomic mass is 9.76. The summed E-state index contributed by atoms with van der Waals surface area (Å²) in [5, 5.41) is 6.79. The van der Waals surface area contributed by atoms with E-state index in [1.807, 2.05) is 0 Å². The molecule has 1 heterocycles. The molecule has 1 saturated carbocycles. The van der Waals surface area contributed by atoms with Gasteiger partial charge in [-0.1, -0.05) is 5.21 Å². The van der Waals surface area contributed by atoms with Gasteiger partial charge in [-0.15, -0.1) is 5.10 Å². The maximum Gasteiger partial charge on any atom is 0.358 e. The van der Waals surface area contributed by atoms with Gasteiger partial charge in [0.1, 0.15) is 6.17 Å². The highest BCUT2D eigenvalue weighted by atomic mass is 19.3. The van der Waals surface area contributed by atoms with Crippen LogP contribution >= 0.6 is 0 Å². The molecule has 0 saturated heterocycles. The van der Waals surface area contributed by atoms with Crippen LogP contribution in [0.1, 0.15) is 17.4 Å². The molecule has 1 aliphatic rings. The summed E-state index contributed by atoms with van der Waals surface area (Å²) < 4.78 is 57.5. The van der Waals surface area contributed by atoms with Gasteiger partial charge in [0.2, 0.25) is 0 Å². The second kappa shape index (κ2) is 4.78. The molecular formula is C10H11F4N3O2. The number of carbonyl (C=O) groups excluding carboxylic acids is 1. The monoisotopic (exact) mass is 281 g/mol. The lowest BCUT2D eigenvalue weighted by Crippen LogP contribution is -2.62. The summed E-state index contributed by atoms with van der Waals surface area (Å²) in [5.74, 6) is -6.43. The summed E-state index contributed by atoms with van der Waals surface area (Å²) in [6.07, 6.45) is -4.07. The van der Waals surface area contributed by atoms with Gasteiger partial charge >= 0.3 is 5.97 Å². The fourth-order valence-corrected chi connectivity index (χ4v) is 1.88. The van der Waals surface area contributed by atoms with E-state index in [0.29, 0.717) is 0 Å². The minimum absolute atomic E-state index is 0.0852. The zero-order valence-corrected chi connectivity index (χ0v) is 9.89. The van der Waals surface area contributed by atoms with Crippen LogP contribution in [0.4, 0.5) is 17.6 Å². The molecule has 106 valence electrons. The average Bonchev–Trinajstić information content (AvgIpc) is 2.83. The second-order valence-electron chi connectivity index (χ2n) is 4.15. The predicted octanol–water partition coefficient (Wildman–Crippen LogP) is 1.40. The van der Waals surface area contributed by atoms with E-state index in [4.69, 9.17) is 0 Å². The molecule has 0 aliphatic heterocycles. The second-order valence-corrected chi connectivity index (χ2v) is 4.15. The van der Waals surface area contributed by atoms with Gasteiger partial charge in [-0.25, -0.2) is 27.0 Å². The first-order valence-electron chi connectivity index (χ1n) is 5.61. The number of nitrogens with zero attached hydrogens (tertiary/aromatic N) is 3. The Bertz CT molecular complexity index is 479. The van der Waals surface area contributed by atoms with Crippen molar-refractivity contribution in [2.45, 2.75) is 31.7 Å². The molecule has 19 heavy (non-hydrogen) atoms. The average molecular weight is 281 g/mol. The molecule has 0 bridgehead atoms. The molecule has 0 aromatic carbocycles. The SMILES string of the molecule is CCOC(=O)c1cnnn1CC1C(F)C(F)C1(F)F. The van der Waals surface area contributed by atoms with Crippen LogP contribution in [-0.2, 0) is 11.3 Å². The zero-order valence-electron chi connectivity index (χ0n) is 9.89. The Balaban J connectivity index is 2.13. The summed E-state index contributed by atoms with van der Waals surface area (Å²) in [6, 6.07) is 0. The number of esters is 1. The normalized spacial score (nSPS) is 28.8. The Morgan fingerprint density at radius 1 is 1.53 bits per heavy atom. The van der Waals surface area contributed by atoms with Gasteiger partial charge in [-0.05, 0) is 6.92 Å². The fraction of sp³-hybridized carbons (Fsp3) is 0.700. The van der Waals surface area contributed by atoms with Crippen LogP contribution in [0.5, 0.6) is 0 Å². The van der Waals surface area contributed by atoms with Crippen molar-refractivity contribution in [2.24, 2.45) is 5.92 Å². The van der Waals surface area contributed by atoms with Crippen LogP contribution in [0.15, 0.2) is 6.20 Å². The molecule has 1 aromatic rings. The first-order chi connectivity index (χ1) is 8.89. The van der Waals surface area contributed by atoms with E-state index >= 15 is 0 Å². The van der Waals surface area contributed by atoms with Crippen molar-refractivity contribution in [1.29, 1.82) is 0 Å². The Hall–Kier alpha value is -1.67. The van der Waals surface area contributed by atoms with Gasteiger partial charge < -0.3 is 4.74 Å². The number of rotatable bonds is 4. The van der Waals surface area contributed by atoms with Crippen LogP contribution in [0.2, 0.25) is 0 Å². The number of carbonyl (C=O) groups is 1. The van der Waals surface area contributed by atoms with E-state index in [2.05, 4.69) is 15.0 Å². The Kier molecular flexibility index (Phi) is 3.46. The molecule has 0 spiro atoms. The summed E-state index contributed by atoms with van der Waals surface area (Å²) >= 11 is 0. The molecule has 9 heteroatoms. The Labute approximate surface area is 105 Å². The van der Waals surface area contributed by atoms with E-state index in [-0.39, 0.29) is 12.3 Å². The van der Waals surface area contributed by atoms with Crippen molar-refractivity contribution >= 4 is 5.97 Å².